The van der Waals surface area contributed by atoms with E-state index in [0.29, 0.717) is 11.4 Å². The third-order valence-corrected chi connectivity index (χ3v) is 3.86. The summed E-state index contributed by atoms with van der Waals surface area (Å²) in [5, 5.41) is 20.2. The van der Waals surface area contributed by atoms with E-state index in [9.17, 15) is 10.1 Å². The Balaban J connectivity index is 2.35. The summed E-state index contributed by atoms with van der Waals surface area (Å²) in [6.07, 6.45) is 2.54. The molecule has 2 aromatic rings. The first-order valence-electron chi connectivity index (χ1n) is 6.28. The van der Waals surface area contributed by atoms with E-state index < -0.39 is 0 Å². The molecule has 1 atom stereocenters. The number of thiazole rings is 1. The molecule has 0 amide bonds. The van der Waals surface area contributed by atoms with Crippen LogP contribution in [-0.2, 0) is 0 Å². The summed E-state index contributed by atoms with van der Waals surface area (Å²) in [4.78, 5) is 15.2. The number of hydrogen-bond donors (Lipinski definition) is 2. The molecule has 20 heavy (non-hydrogen) atoms. The number of nitrogens with one attached hydrogen (secondary N) is 2. The molecule has 6 nitrogen and oxygen atoms in total. The second-order valence-electron chi connectivity index (χ2n) is 4.18. The first kappa shape index (κ1) is 14.3. The van der Waals surface area contributed by atoms with Gasteiger partial charge in [0, 0.05) is 18.6 Å². The summed E-state index contributed by atoms with van der Waals surface area (Å²) in [5.74, 6) is 0. The smallest absolute Gasteiger partial charge is 0.315 e. The zero-order valence-corrected chi connectivity index (χ0v) is 12.1. The summed E-state index contributed by atoms with van der Waals surface area (Å²) in [7, 11) is 1.67. The van der Waals surface area contributed by atoms with Gasteiger partial charge in [0.05, 0.1) is 11.0 Å². The normalized spacial score (nSPS) is 11.9. The van der Waals surface area contributed by atoms with Gasteiger partial charge in [0.2, 0.25) is 0 Å². The van der Waals surface area contributed by atoms with Crippen LogP contribution in [-0.4, -0.2) is 17.0 Å². The molecule has 0 aliphatic heterocycles. The van der Waals surface area contributed by atoms with Crippen molar-refractivity contribution >= 4 is 28.4 Å². The molecule has 0 radical (unpaired) electrons. The van der Waals surface area contributed by atoms with Gasteiger partial charge >= 0.3 is 5.69 Å². The van der Waals surface area contributed by atoms with Gasteiger partial charge in [0.25, 0.3) is 0 Å². The van der Waals surface area contributed by atoms with Crippen molar-refractivity contribution in [1.82, 2.24) is 4.98 Å². The number of benzene rings is 1. The Labute approximate surface area is 121 Å². The number of nitro benzene ring substituents is 1. The second-order valence-corrected chi connectivity index (χ2v) is 5.11. The van der Waals surface area contributed by atoms with Crippen molar-refractivity contribution in [2.75, 3.05) is 17.7 Å². The van der Waals surface area contributed by atoms with Gasteiger partial charge in [0.1, 0.15) is 16.4 Å². The zero-order valence-electron chi connectivity index (χ0n) is 11.3. The van der Waals surface area contributed by atoms with Crippen molar-refractivity contribution in [3.8, 4) is 0 Å². The fraction of sp³-hybridized carbons (Fsp3) is 0.308. The molecule has 0 fully saturated rings. The Morgan fingerprint density at radius 2 is 2.20 bits per heavy atom. The van der Waals surface area contributed by atoms with Crippen LogP contribution in [0.4, 0.5) is 17.1 Å². The highest BCUT2D eigenvalue weighted by molar-refractivity contribution is 7.09. The molecule has 2 N–H and O–H groups in total. The number of hydrogen-bond acceptors (Lipinski definition) is 6. The summed E-state index contributed by atoms with van der Waals surface area (Å²) in [5.41, 5.74) is 1.06. The minimum atomic E-state index is -0.372. The fourth-order valence-electron chi connectivity index (χ4n) is 1.99. The monoisotopic (exact) mass is 292 g/mol. The standard InChI is InChI=1S/C13H16N4O2S/c1-3-9(13-15-7-8-20-13)16-11-6-4-5-10(14-2)12(11)17(18)19/h4-9,14,16H,3H2,1-2H3. The predicted molar refractivity (Wildman–Crippen MR) is 81.4 cm³/mol. The van der Waals surface area contributed by atoms with E-state index in [1.165, 1.54) is 11.3 Å². The van der Waals surface area contributed by atoms with Crippen LogP contribution in [0, 0.1) is 10.1 Å². The lowest BCUT2D eigenvalue weighted by atomic mass is 10.2. The summed E-state index contributed by atoms with van der Waals surface area (Å²) in [6, 6.07) is 5.17. The van der Waals surface area contributed by atoms with E-state index in [2.05, 4.69) is 15.6 Å². The van der Waals surface area contributed by atoms with Crippen molar-refractivity contribution in [3.63, 3.8) is 0 Å². The number of nitro groups is 1. The first-order chi connectivity index (χ1) is 9.67. The highest BCUT2D eigenvalue weighted by atomic mass is 32.1. The minimum Gasteiger partial charge on any atom is -0.382 e. The number of aromatic nitrogens is 1. The Morgan fingerprint density at radius 1 is 1.45 bits per heavy atom. The number of para-hydroxylation sites is 1. The maximum absolute atomic E-state index is 11.3. The molecular weight excluding hydrogens is 276 g/mol. The van der Waals surface area contributed by atoms with Crippen LogP contribution < -0.4 is 10.6 Å². The van der Waals surface area contributed by atoms with Crippen LogP contribution in [0.3, 0.4) is 0 Å². The lowest BCUT2D eigenvalue weighted by Crippen LogP contribution is -2.11. The first-order valence-corrected chi connectivity index (χ1v) is 7.16. The molecule has 7 heteroatoms. The minimum absolute atomic E-state index is 0.0270. The summed E-state index contributed by atoms with van der Waals surface area (Å²) >= 11 is 1.54. The third kappa shape index (κ3) is 2.88. The average Bonchev–Trinajstić information content (AvgIpc) is 2.97. The van der Waals surface area contributed by atoms with E-state index in [4.69, 9.17) is 0 Å². The quantitative estimate of drug-likeness (QED) is 0.627. The van der Waals surface area contributed by atoms with Crippen LogP contribution in [0.15, 0.2) is 29.8 Å². The van der Waals surface area contributed by atoms with Gasteiger partial charge in [-0.1, -0.05) is 13.0 Å². The largest absolute Gasteiger partial charge is 0.382 e. The zero-order chi connectivity index (χ0) is 14.5. The topological polar surface area (TPSA) is 80.1 Å². The molecule has 0 aliphatic carbocycles. The molecule has 0 spiro atoms. The molecule has 0 saturated carbocycles. The predicted octanol–water partition coefficient (Wildman–Crippen LogP) is 3.66. The van der Waals surface area contributed by atoms with Gasteiger partial charge in [-0.3, -0.25) is 10.1 Å². The van der Waals surface area contributed by atoms with Crippen LogP contribution >= 0.6 is 11.3 Å². The Morgan fingerprint density at radius 3 is 2.75 bits per heavy atom. The fourth-order valence-corrected chi connectivity index (χ4v) is 2.76. The van der Waals surface area contributed by atoms with Crippen LogP contribution in [0.1, 0.15) is 24.4 Å². The van der Waals surface area contributed by atoms with Gasteiger partial charge in [-0.05, 0) is 18.6 Å². The lowest BCUT2D eigenvalue weighted by Gasteiger charge is -2.16. The summed E-state index contributed by atoms with van der Waals surface area (Å²) < 4.78 is 0. The Hall–Kier alpha value is -2.15. The molecule has 0 aliphatic rings. The summed E-state index contributed by atoms with van der Waals surface area (Å²) in [6.45, 7) is 2.02. The van der Waals surface area contributed by atoms with Gasteiger partial charge in [-0.25, -0.2) is 4.98 Å². The van der Waals surface area contributed by atoms with Crippen molar-refractivity contribution in [2.45, 2.75) is 19.4 Å². The van der Waals surface area contributed by atoms with Crippen molar-refractivity contribution in [3.05, 3.63) is 44.9 Å². The molecule has 0 saturated heterocycles. The third-order valence-electron chi connectivity index (χ3n) is 2.98. The van der Waals surface area contributed by atoms with E-state index in [1.807, 2.05) is 12.3 Å². The SMILES string of the molecule is CCC(Nc1cccc(NC)c1[N+](=O)[O-])c1nccs1. The number of nitrogens with zero attached hydrogens (tertiary/aromatic N) is 2. The number of anilines is 2. The molecule has 0 bridgehead atoms. The van der Waals surface area contributed by atoms with Crippen molar-refractivity contribution < 1.29 is 4.92 Å². The Bertz CT molecular complexity index is 586. The van der Waals surface area contributed by atoms with Gasteiger partial charge < -0.3 is 10.6 Å². The van der Waals surface area contributed by atoms with Gasteiger partial charge in [-0.15, -0.1) is 11.3 Å². The molecule has 1 aromatic heterocycles. The molecule has 1 unspecified atom stereocenters. The van der Waals surface area contributed by atoms with E-state index >= 15 is 0 Å². The Kier molecular flexibility index (Phi) is 4.52. The molecular formula is C13H16N4O2S. The van der Waals surface area contributed by atoms with Crippen molar-refractivity contribution in [1.29, 1.82) is 0 Å². The lowest BCUT2D eigenvalue weighted by molar-refractivity contribution is -0.383. The highest BCUT2D eigenvalue weighted by Gasteiger charge is 2.22. The maximum Gasteiger partial charge on any atom is 0.315 e. The average molecular weight is 292 g/mol. The second kappa shape index (κ2) is 6.33. The van der Waals surface area contributed by atoms with E-state index in [-0.39, 0.29) is 16.7 Å². The van der Waals surface area contributed by atoms with Crippen molar-refractivity contribution in [2.24, 2.45) is 0 Å². The molecule has 2 rings (SSSR count). The van der Waals surface area contributed by atoms with Crippen LogP contribution in [0.5, 0.6) is 0 Å². The molecule has 1 aromatic carbocycles. The van der Waals surface area contributed by atoms with E-state index in [0.717, 1.165) is 11.4 Å². The number of rotatable bonds is 6. The van der Waals surface area contributed by atoms with Crippen LogP contribution in [0.2, 0.25) is 0 Å². The molecule has 106 valence electrons. The molecule has 1 heterocycles. The van der Waals surface area contributed by atoms with Gasteiger partial charge in [0.15, 0.2) is 0 Å². The maximum atomic E-state index is 11.3. The van der Waals surface area contributed by atoms with Crippen LogP contribution in [0.25, 0.3) is 0 Å². The van der Waals surface area contributed by atoms with E-state index in [1.54, 1.807) is 31.4 Å². The van der Waals surface area contributed by atoms with Gasteiger partial charge in [-0.2, -0.15) is 0 Å². The highest BCUT2D eigenvalue weighted by Crippen LogP contribution is 2.35.